The highest BCUT2D eigenvalue weighted by atomic mass is 32.1. The topological polar surface area (TPSA) is 30.1 Å². The van der Waals surface area contributed by atoms with E-state index in [1.54, 1.807) is 0 Å². The van der Waals surface area contributed by atoms with Crippen LogP contribution in [0.4, 0.5) is 11.4 Å². The van der Waals surface area contributed by atoms with Crippen molar-refractivity contribution >= 4 is 94.7 Å². The molecule has 0 fully saturated rings. The molecule has 349 valence electrons. The first-order chi connectivity index (χ1) is 33.9. The second-order valence-electron chi connectivity index (χ2n) is 23.9. The summed E-state index contributed by atoms with van der Waals surface area (Å²) in [5.41, 5.74) is 21.6. The number of furan rings is 1. The van der Waals surface area contributed by atoms with E-state index in [9.17, 15) is 0 Å². The number of nitrogens with one attached hydrogen (secondary N) is 1. The molecule has 1 radical (unpaired) electrons. The van der Waals surface area contributed by atoms with Crippen molar-refractivity contribution in [3.63, 3.8) is 0 Å². The van der Waals surface area contributed by atoms with Gasteiger partial charge in [0.2, 0.25) is 0 Å². The second kappa shape index (κ2) is 15.3. The Balaban J connectivity index is 1.20. The smallest absolute Gasteiger partial charge is 0.198 e. The third-order valence-corrected chi connectivity index (χ3v) is 17.4. The molecule has 5 heteroatoms. The third-order valence-electron chi connectivity index (χ3n) is 16.2. The van der Waals surface area contributed by atoms with Crippen molar-refractivity contribution in [1.29, 1.82) is 0 Å². The molecule has 1 N–H and O–H groups in total. The quantitative estimate of drug-likeness (QED) is 0.174. The standard InChI is InChI=1S/C66H60BN2OS/c1-63(2,3)40-25-28-42(29-26-40)68-50-30-27-41(64(4,5)6)33-44(50)58-59-60-56(57-43-23-17-18-24-53(43)70-61(57)58)45-34-47-48(66(9,10)32-31-65(47,7)8)36-51(45)69(60)52-35-46-54(37-49(52)67-59)71-62(39-21-15-12-16-22-39)55(46)38-19-13-11-14-20-38/h11-30,33-37,68H,31-32H2,1-10H3. The number of rotatable bonds is 5. The van der Waals surface area contributed by atoms with Gasteiger partial charge in [0.05, 0.1) is 5.52 Å². The van der Waals surface area contributed by atoms with E-state index in [0.29, 0.717) is 0 Å². The Morgan fingerprint density at radius 2 is 1.23 bits per heavy atom. The highest BCUT2D eigenvalue weighted by Gasteiger charge is 2.40. The number of thiophene rings is 1. The number of benzene rings is 8. The molecule has 0 spiro atoms. The Morgan fingerprint density at radius 1 is 0.592 bits per heavy atom. The lowest BCUT2D eigenvalue weighted by atomic mass is 9.58. The van der Waals surface area contributed by atoms with Crippen LogP contribution in [-0.4, -0.2) is 11.8 Å². The van der Waals surface area contributed by atoms with Crippen LogP contribution in [-0.2, 0) is 21.7 Å². The Bertz CT molecular complexity index is 3980. The van der Waals surface area contributed by atoms with Crippen molar-refractivity contribution in [1.82, 2.24) is 4.57 Å². The summed E-state index contributed by atoms with van der Waals surface area (Å²) in [6, 6.07) is 56.9. The molecule has 0 atom stereocenters. The molecule has 0 unspecified atom stereocenters. The van der Waals surface area contributed by atoms with Gasteiger partial charge in [-0.2, -0.15) is 0 Å². The first-order valence-corrected chi connectivity index (χ1v) is 26.4. The molecule has 4 heterocycles. The van der Waals surface area contributed by atoms with Crippen molar-refractivity contribution < 1.29 is 4.42 Å². The van der Waals surface area contributed by atoms with Crippen molar-refractivity contribution in [3.8, 4) is 38.4 Å². The highest BCUT2D eigenvalue weighted by Crippen LogP contribution is 2.53. The fourth-order valence-electron chi connectivity index (χ4n) is 12.1. The molecule has 0 amide bonds. The van der Waals surface area contributed by atoms with Gasteiger partial charge in [-0.15, -0.1) is 11.3 Å². The third kappa shape index (κ3) is 6.82. The second-order valence-corrected chi connectivity index (χ2v) is 24.9. The van der Waals surface area contributed by atoms with E-state index in [2.05, 4.69) is 238 Å². The SMILES string of the molecule is CC(C)(C)c1ccc(Nc2ccc(C(C)(C)C)cc2-c2c3c4c(c5cc6c(cc5n4-c4cc5c(-c7ccccc7)c(-c7ccccc7)sc5cc4[B]3)C(C)(C)CCC6(C)C)c3c2oc2ccccc23)cc1. The van der Waals surface area contributed by atoms with Gasteiger partial charge in [0.25, 0.3) is 0 Å². The Labute approximate surface area is 422 Å². The molecule has 71 heavy (non-hydrogen) atoms. The molecule has 0 saturated heterocycles. The van der Waals surface area contributed by atoms with Gasteiger partial charge in [-0.05, 0) is 128 Å². The summed E-state index contributed by atoms with van der Waals surface area (Å²) in [5.74, 6) is 0. The Hall–Kier alpha value is -6.82. The van der Waals surface area contributed by atoms with Crippen molar-refractivity contribution in [3.05, 3.63) is 174 Å². The van der Waals surface area contributed by atoms with Crippen molar-refractivity contribution in [2.45, 2.75) is 104 Å². The summed E-state index contributed by atoms with van der Waals surface area (Å²) in [5, 5.41) is 10.1. The maximum absolute atomic E-state index is 7.36. The molecule has 0 saturated carbocycles. The summed E-state index contributed by atoms with van der Waals surface area (Å²) >= 11 is 1.90. The van der Waals surface area contributed by atoms with Crippen LogP contribution in [0.25, 0.3) is 92.2 Å². The monoisotopic (exact) mass is 939 g/mol. The van der Waals surface area contributed by atoms with Gasteiger partial charge in [0.15, 0.2) is 7.28 Å². The van der Waals surface area contributed by atoms with Gasteiger partial charge in [0, 0.05) is 75.8 Å². The number of fused-ring (bicyclic) bond motifs is 11. The summed E-state index contributed by atoms with van der Waals surface area (Å²) in [6.45, 7) is 23.6. The molecule has 1 aliphatic heterocycles. The van der Waals surface area contributed by atoms with Gasteiger partial charge in [-0.1, -0.05) is 172 Å². The zero-order valence-corrected chi connectivity index (χ0v) is 43.5. The zero-order valence-electron chi connectivity index (χ0n) is 42.7. The van der Waals surface area contributed by atoms with Crippen LogP contribution in [0.1, 0.15) is 104 Å². The van der Waals surface area contributed by atoms with E-state index >= 15 is 0 Å². The number of hydrogen-bond donors (Lipinski definition) is 1. The lowest BCUT2D eigenvalue weighted by Crippen LogP contribution is -2.37. The zero-order chi connectivity index (χ0) is 48.9. The van der Waals surface area contributed by atoms with Crippen molar-refractivity contribution in [2.75, 3.05) is 5.32 Å². The summed E-state index contributed by atoms with van der Waals surface area (Å²) in [7, 11) is 2.50. The molecular weight excluding hydrogens is 880 g/mol. The predicted octanol–water partition coefficient (Wildman–Crippen LogP) is 17.6. The minimum absolute atomic E-state index is 0.0203. The molecule has 3 nitrogen and oxygen atoms in total. The number of aromatic nitrogens is 1. The van der Waals surface area contributed by atoms with E-state index in [-0.39, 0.29) is 21.7 Å². The minimum Gasteiger partial charge on any atom is -0.455 e. The van der Waals surface area contributed by atoms with Gasteiger partial charge < -0.3 is 14.3 Å². The summed E-state index contributed by atoms with van der Waals surface area (Å²) < 4.78 is 11.3. The average molecular weight is 940 g/mol. The van der Waals surface area contributed by atoms with E-state index in [1.165, 1.54) is 97.7 Å². The van der Waals surface area contributed by atoms with E-state index in [0.717, 1.165) is 51.9 Å². The summed E-state index contributed by atoms with van der Waals surface area (Å²) in [4.78, 5) is 1.29. The van der Waals surface area contributed by atoms with E-state index < -0.39 is 0 Å². The van der Waals surface area contributed by atoms with Crippen LogP contribution in [0.5, 0.6) is 0 Å². The lowest BCUT2D eigenvalue weighted by Gasteiger charge is -2.42. The van der Waals surface area contributed by atoms with Crippen LogP contribution in [0.15, 0.2) is 156 Å². The van der Waals surface area contributed by atoms with Crippen LogP contribution in [0.2, 0.25) is 0 Å². The average Bonchev–Trinajstić information content (AvgIpc) is 4.03. The lowest BCUT2D eigenvalue weighted by molar-refractivity contribution is 0.332. The number of hydrogen-bond acceptors (Lipinski definition) is 3. The highest BCUT2D eigenvalue weighted by molar-refractivity contribution is 7.23. The molecule has 3 aromatic heterocycles. The van der Waals surface area contributed by atoms with Crippen molar-refractivity contribution in [2.24, 2.45) is 0 Å². The Morgan fingerprint density at radius 3 is 1.92 bits per heavy atom. The maximum atomic E-state index is 7.36. The number of nitrogens with zero attached hydrogens (tertiary/aromatic N) is 1. The molecular formula is C66H60BN2OS. The normalized spacial score (nSPS) is 15.1. The molecule has 13 rings (SSSR count). The van der Waals surface area contributed by atoms with E-state index in [1.807, 2.05) is 11.3 Å². The molecule has 0 bridgehead atoms. The maximum Gasteiger partial charge on any atom is 0.198 e. The van der Waals surface area contributed by atoms with Gasteiger partial charge >= 0.3 is 0 Å². The van der Waals surface area contributed by atoms with Gasteiger partial charge in [-0.25, -0.2) is 0 Å². The fraction of sp³-hybridized carbons (Fsp3) is 0.242. The minimum atomic E-state index is -0.0997. The molecule has 1 aliphatic carbocycles. The molecule has 2 aliphatic rings. The number of anilines is 2. The Kier molecular flexibility index (Phi) is 9.54. The van der Waals surface area contributed by atoms with Crippen LogP contribution in [0.3, 0.4) is 0 Å². The predicted molar refractivity (Wildman–Crippen MR) is 307 cm³/mol. The molecule has 11 aromatic rings. The van der Waals surface area contributed by atoms with Crippen LogP contribution < -0.4 is 16.2 Å². The fourth-order valence-corrected chi connectivity index (χ4v) is 13.3. The largest absolute Gasteiger partial charge is 0.455 e. The van der Waals surface area contributed by atoms with Crippen LogP contribution >= 0.6 is 11.3 Å². The first-order valence-electron chi connectivity index (χ1n) is 25.5. The van der Waals surface area contributed by atoms with Gasteiger partial charge in [0.1, 0.15) is 11.2 Å². The molecule has 8 aromatic carbocycles. The van der Waals surface area contributed by atoms with Crippen LogP contribution in [0, 0.1) is 0 Å². The van der Waals surface area contributed by atoms with Gasteiger partial charge in [-0.3, -0.25) is 0 Å². The summed E-state index contributed by atoms with van der Waals surface area (Å²) in [6.07, 6.45) is 2.29. The van der Waals surface area contributed by atoms with E-state index in [4.69, 9.17) is 4.42 Å². The first kappa shape index (κ1) is 44.1. The number of para-hydroxylation sites is 1.